The lowest BCUT2D eigenvalue weighted by Crippen LogP contribution is -2.41. The number of carbonyl (C=O) groups is 1. The van der Waals surface area contributed by atoms with Gasteiger partial charge in [0.2, 0.25) is 0 Å². The summed E-state index contributed by atoms with van der Waals surface area (Å²) in [5, 5.41) is 9.15. The third kappa shape index (κ3) is 4.90. The monoisotopic (exact) mass is 512 g/mol. The molecule has 1 unspecified atom stereocenters. The molecule has 0 saturated heterocycles. The van der Waals surface area contributed by atoms with E-state index < -0.39 is 11.4 Å². The zero-order valence-corrected chi connectivity index (χ0v) is 22.6. The fourth-order valence-electron chi connectivity index (χ4n) is 4.81. The van der Waals surface area contributed by atoms with Crippen LogP contribution in [0.3, 0.4) is 0 Å². The number of hydrogen-bond acceptors (Lipinski definition) is 5. The summed E-state index contributed by atoms with van der Waals surface area (Å²) in [4.78, 5) is 25.4. The molecular formula is C30H33FN6O. The number of hydrogen-bond donors (Lipinski definition) is 2. The molecule has 2 aromatic carbocycles. The van der Waals surface area contributed by atoms with E-state index in [-0.39, 0.29) is 17.2 Å². The minimum absolute atomic E-state index is 0.00122. The third-order valence-corrected chi connectivity index (χ3v) is 7.06. The maximum Gasteiger partial charge on any atom is 0.251 e. The Morgan fingerprint density at radius 1 is 1.08 bits per heavy atom. The number of hydrazone groups is 1. The van der Waals surface area contributed by atoms with Gasteiger partial charge in [-0.2, -0.15) is 5.10 Å². The van der Waals surface area contributed by atoms with Crippen LogP contribution >= 0.6 is 0 Å². The highest BCUT2D eigenvalue weighted by Gasteiger charge is 2.28. The molecule has 1 atom stereocenters. The van der Waals surface area contributed by atoms with Gasteiger partial charge in [-0.3, -0.25) is 9.80 Å². The van der Waals surface area contributed by atoms with Gasteiger partial charge in [0.05, 0.1) is 23.5 Å². The fraction of sp³-hybridized carbons (Fsp3) is 0.333. The number of rotatable bonds is 5. The lowest BCUT2D eigenvalue weighted by molar-refractivity contribution is 0.0910. The highest BCUT2D eigenvalue weighted by molar-refractivity contribution is 5.95. The van der Waals surface area contributed by atoms with Crippen molar-refractivity contribution in [2.24, 2.45) is 5.10 Å². The predicted octanol–water partition coefficient (Wildman–Crippen LogP) is 5.74. The molecule has 38 heavy (non-hydrogen) atoms. The molecule has 196 valence electrons. The van der Waals surface area contributed by atoms with Crippen molar-refractivity contribution in [2.45, 2.75) is 51.5 Å². The number of amides is 1. The predicted molar refractivity (Wildman–Crippen MR) is 149 cm³/mol. The summed E-state index contributed by atoms with van der Waals surface area (Å²) >= 11 is 0. The molecule has 2 aromatic heterocycles. The molecule has 8 heteroatoms. The molecule has 5 rings (SSSR count). The Balaban J connectivity index is 1.39. The molecule has 0 fully saturated rings. The minimum Gasteiger partial charge on any atom is -0.343 e. The summed E-state index contributed by atoms with van der Waals surface area (Å²) in [5.41, 5.74) is 4.00. The first-order valence-electron chi connectivity index (χ1n) is 12.8. The first-order chi connectivity index (χ1) is 17.9. The van der Waals surface area contributed by atoms with Crippen LogP contribution in [0.4, 0.5) is 4.39 Å². The Morgan fingerprint density at radius 2 is 1.82 bits per heavy atom. The standard InChI is InChI=1S/C30H33FN6O/c1-29(2,3)21-10-7-18(8-11-21)28(38)36-30(4,5)23-12-9-19(15-24(23)31)22-13-14-32-27-25(22)34-26(35-27)20-16-33-37(6)17-20/h7-16,20H,17H2,1-6H3,(H,36,38)(H,32,34,35). The van der Waals surface area contributed by atoms with Gasteiger partial charge in [0, 0.05) is 36.1 Å². The van der Waals surface area contributed by atoms with Crippen LogP contribution in [-0.4, -0.2) is 45.7 Å². The molecule has 0 saturated carbocycles. The molecule has 1 aliphatic rings. The van der Waals surface area contributed by atoms with Gasteiger partial charge in [-0.25, -0.2) is 14.4 Å². The van der Waals surface area contributed by atoms with Crippen LogP contribution in [0.2, 0.25) is 0 Å². The van der Waals surface area contributed by atoms with Gasteiger partial charge in [0.25, 0.3) is 5.91 Å². The van der Waals surface area contributed by atoms with E-state index in [0.717, 1.165) is 29.0 Å². The van der Waals surface area contributed by atoms with Crippen LogP contribution in [-0.2, 0) is 11.0 Å². The van der Waals surface area contributed by atoms with E-state index in [9.17, 15) is 4.79 Å². The number of H-pyrrole nitrogens is 1. The number of carbonyl (C=O) groups excluding carboxylic acids is 1. The summed E-state index contributed by atoms with van der Waals surface area (Å²) in [7, 11) is 1.92. The maximum atomic E-state index is 15.5. The average Bonchev–Trinajstić information content (AvgIpc) is 3.49. The SMILES string of the molecule is CN1CC(c2nc3nccc(-c4ccc(C(C)(C)NC(=O)c5ccc(C(C)(C)C)cc5)c(F)c4)c3[nH]2)C=N1. The van der Waals surface area contributed by atoms with Gasteiger partial charge in [-0.15, -0.1) is 0 Å². The average molecular weight is 513 g/mol. The largest absolute Gasteiger partial charge is 0.343 e. The van der Waals surface area contributed by atoms with Crippen LogP contribution in [0, 0.1) is 5.82 Å². The highest BCUT2D eigenvalue weighted by atomic mass is 19.1. The van der Waals surface area contributed by atoms with Crippen molar-refractivity contribution >= 4 is 23.3 Å². The zero-order valence-electron chi connectivity index (χ0n) is 22.6. The van der Waals surface area contributed by atoms with Crippen LogP contribution in [0.1, 0.15) is 67.8 Å². The lowest BCUT2D eigenvalue weighted by Gasteiger charge is -2.28. The Morgan fingerprint density at radius 3 is 2.45 bits per heavy atom. The number of aromatic amines is 1. The molecule has 2 N–H and O–H groups in total. The molecule has 3 heterocycles. The van der Waals surface area contributed by atoms with Crippen molar-refractivity contribution < 1.29 is 9.18 Å². The molecule has 4 aromatic rings. The van der Waals surface area contributed by atoms with Crippen LogP contribution < -0.4 is 5.32 Å². The number of pyridine rings is 1. The van der Waals surface area contributed by atoms with Crippen LogP contribution in [0.5, 0.6) is 0 Å². The van der Waals surface area contributed by atoms with Gasteiger partial charge in [0.1, 0.15) is 11.6 Å². The molecule has 1 amide bonds. The van der Waals surface area contributed by atoms with Crippen molar-refractivity contribution in [3.63, 3.8) is 0 Å². The fourth-order valence-corrected chi connectivity index (χ4v) is 4.81. The second-order valence-electron chi connectivity index (χ2n) is 11.5. The van der Waals surface area contributed by atoms with Crippen molar-refractivity contribution in [3.05, 3.63) is 83.1 Å². The first-order valence-corrected chi connectivity index (χ1v) is 12.8. The molecule has 0 bridgehead atoms. The number of nitrogens with zero attached hydrogens (tertiary/aromatic N) is 4. The van der Waals surface area contributed by atoms with Gasteiger partial charge < -0.3 is 10.3 Å². The quantitative estimate of drug-likeness (QED) is 0.357. The molecular weight excluding hydrogens is 479 g/mol. The van der Waals surface area contributed by atoms with E-state index in [4.69, 9.17) is 0 Å². The normalized spacial score (nSPS) is 15.9. The molecule has 0 aliphatic carbocycles. The van der Waals surface area contributed by atoms with E-state index in [1.54, 1.807) is 26.1 Å². The number of benzene rings is 2. The number of nitrogens with one attached hydrogen (secondary N) is 2. The number of fused-ring (bicyclic) bond motifs is 1. The summed E-state index contributed by atoms with van der Waals surface area (Å²) in [6.07, 6.45) is 3.54. The Bertz CT molecular complexity index is 1530. The maximum absolute atomic E-state index is 15.5. The van der Waals surface area contributed by atoms with Gasteiger partial charge in [-0.1, -0.05) is 45.0 Å². The van der Waals surface area contributed by atoms with Gasteiger partial charge >= 0.3 is 0 Å². The molecule has 7 nitrogen and oxygen atoms in total. The lowest BCUT2D eigenvalue weighted by atomic mass is 9.86. The van der Waals surface area contributed by atoms with Crippen molar-refractivity contribution in [1.82, 2.24) is 25.3 Å². The molecule has 1 aliphatic heterocycles. The Hall–Kier alpha value is -4.07. The van der Waals surface area contributed by atoms with Crippen LogP contribution in [0.25, 0.3) is 22.3 Å². The van der Waals surface area contributed by atoms with Gasteiger partial charge in [0.15, 0.2) is 5.65 Å². The number of halogens is 1. The molecule has 0 spiro atoms. The smallest absolute Gasteiger partial charge is 0.251 e. The summed E-state index contributed by atoms with van der Waals surface area (Å²) < 4.78 is 15.5. The first kappa shape index (κ1) is 25.6. The Labute approximate surface area is 222 Å². The Kier molecular flexibility index (Phi) is 6.29. The minimum atomic E-state index is -0.926. The second kappa shape index (κ2) is 9.35. The van der Waals surface area contributed by atoms with E-state index in [1.807, 2.05) is 54.7 Å². The van der Waals surface area contributed by atoms with Crippen LogP contribution in [0.15, 0.2) is 59.8 Å². The van der Waals surface area contributed by atoms with Crippen molar-refractivity contribution in [3.8, 4) is 11.1 Å². The summed E-state index contributed by atoms with van der Waals surface area (Å²) in [6, 6.07) is 14.5. The highest BCUT2D eigenvalue weighted by Crippen LogP contribution is 2.32. The van der Waals surface area contributed by atoms with E-state index in [2.05, 4.69) is 46.1 Å². The number of imidazole rings is 1. The second-order valence-corrected chi connectivity index (χ2v) is 11.5. The number of aromatic nitrogens is 3. The van der Waals surface area contributed by atoms with E-state index in [0.29, 0.717) is 22.3 Å². The molecule has 0 radical (unpaired) electrons. The third-order valence-electron chi connectivity index (χ3n) is 7.06. The van der Waals surface area contributed by atoms with Crippen molar-refractivity contribution in [2.75, 3.05) is 13.6 Å². The van der Waals surface area contributed by atoms with E-state index >= 15 is 4.39 Å². The van der Waals surface area contributed by atoms with Gasteiger partial charge in [-0.05, 0) is 54.7 Å². The zero-order chi connectivity index (χ0) is 27.2. The summed E-state index contributed by atoms with van der Waals surface area (Å²) in [5.74, 6) is 0.186. The topological polar surface area (TPSA) is 86.3 Å². The van der Waals surface area contributed by atoms with Crippen molar-refractivity contribution in [1.29, 1.82) is 0 Å². The summed E-state index contributed by atoms with van der Waals surface area (Å²) in [6.45, 7) is 10.7. The number of likely N-dealkylation sites (N-methyl/N-ethyl adjacent to an activating group) is 1. The van der Waals surface area contributed by atoms with E-state index in [1.165, 1.54) is 6.07 Å².